The molecule has 0 saturated heterocycles. The number of nitrogens with zero attached hydrogens (tertiary/aromatic N) is 5. The van der Waals surface area contributed by atoms with Gasteiger partial charge in [0.1, 0.15) is 66.7 Å². The molecule has 0 radical (unpaired) electrons. The van der Waals surface area contributed by atoms with Gasteiger partial charge >= 0.3 is 0 Å². The lowest BCUT2D eigenvalue weighted by Gasteiger charge is -2.49. The minimum atomic E-state index is -0.453. The maximum absolute atomic E-state index is 12.9. The molecule has 0 spiro atoms. The van der Waals surface area contributed by atoms with Gasteiger partial charge < -0.3 is 0 Å². The number of carbonyl (C=O) groups is 5. The molecule has 8 unspecified atom stereocenters. The monoisotopic (exact) mass is 1150 g/mol. The number of hydrogen-bond acceptors (Lipinski definition) is 5. The average Bonchev–Trinajstić information content (AvgIpc) is 0.986. The Hall–Kier alpha value is -9.80. The highest BCUT2D eigenvalue weighted by atomic mass is 16.1. The van der Waals surface area contributed by atoms with Gasteiger partial charge in [0, 0.05) is 88.5 Å². The zero-order chi connectivity index (χ0) is 61.1. The van der Waals surface area contributed by atoms with Crippen LogP contribution < -0.4 is 22.8 Å². The van der Waals surface area contributed by atoms with E-state index in [2.05, 4.69) is 215 Å². The molecule has 5 aromatic carbocycles. The van der Waals surface area contributed by atoms with Crippen LogP contribution in [-0.2, 0) is 35.2 Å². The molecule has 0 bridgehead atoms. The number of rotatable bonds is 24. The van der Waals surface area contributed by atoms with Gasteiger partial charge in [-0.3, -0.25) is 24.0 Å². The molecule has 0 aliphatic rings. The van der Waals surface area contributed by atoms with Crippen LogP contribution in [0.4, 0.5) is 0 Å². The molecule has 434 valence electrons. The molecular weight excluding hydrogens is 1070 g/mol. The van der Waals surface area contributed by atoms with Crippen molar-refractivity contribution < 1.29 is 46.8 Å². The molecule has 5 aromatic heterocycles. The van der Waals surface area contributed by atoms with Gasteiger partial charge in [0.25, 0.3) is 0 Å². The molecular formula is C77H76N5O5+5. The fourth-order valence-corrected chi connectivity index (χ4v) is 13.7. The molecule has 87 heavy (non-hydrogen) atoms. The zero-order valence-corrected chi connectivity index (χ0v) is 50.5. The lowest BCUT2D eigenvalue weighted by molar-refractivity contribution is -0.671. The lowest BCUT2D eigenvalue weighted by atomic mass is 9.54. The predicted octanol–water partition coefficient (Wildman–Crippen LogP) is 12.0. The normalized spacial score (nSPS) is 14.8. The number of carbonyl (C=O) groups excluding carboxylic acids is 5. The van der Waals surface area contributed by atoms with E-state index in [4.69, 9.17) is 0 Å². The van der Waals surface area contributed by atoms with E-state index in [9.17, 15) is 24.0 Å². The van der Waals surface area contributed by atoms with E-state index in [-0.39, 0.29) is 35.5 Å². The van der Waals surface area contributed by atoms with Crippen LogP contribution in [0.3, 0.4) is 0 Å². The molecule has 0 aliphatic carbocycles. The van der Waals surface area contributed by atoms with Crippen molar-refractivity contribution in [2.75, 3.05) is 0 Å². The Kier molecular flexibility index (Phi) is 19.1. The van der Waals surface area contributed by atoms with Crippen molar-refractivity contribution in [2.24, 2.45) is 35.2 Å². The van der Waals surface area contributed by atoms with Gasteiger partial charge in [-0.1, -0.05) is 135 Å². The highest BCUT2D eigenvalue weighted by Gasteiger charge is 2.50. The summed E-state index contributed by atoms with van der Waals surface area (Å²) in [5.74, 6) is -3.21. The molecule has 0 fully saturated rings. The largest absolute Gasteiger partial charge is 0.298 e. The highest BCUT2D eigenvalue weighted by molar-refractivity contribution is 5.77. The molecule has 0 saturated carbocycles. The summed E-state index contributed by atoms with van der Waals surface area (Å²) in [6.45, 7) is 4.61. The first-order valence-corrected chi connectivity index (χ1v) is 29.8. The average molecular weight is 1150 g/mol. The topological polar surface area (TPSA) is 105 Å². The molecule has 10 rings (SSSR count). The second kappa shape index (κ2) is 27.5. The van der Waals surface area contributed by atoms with Crippen molar-refractivity contribution in [3.63, 3.8) is 0 Å². The van der Waals surface area contributed by atoms with Crippen LogP contribution in [0.25, 0.3) is 0 Å². The number of hydrogen-bond donors (Lipinski definition) is 0. The summed E-state index contributed by atoms with van der Waals surface area (Å²) in [5, 5.41) is 0. The number of aryl methyl sites for hydroxylation is 5. The fraction of sp³-hybridized carbons (Fsp3) is 0.221. The van der Waals surface area contributed by atoms with Crippen LogP contribution in [0.15, 0.2) is 244 Å². The van der Waals surface area contributed by atoms with Crippen molar-refractivity contribution >= 4 is 31.4 Å². The van der Waals surface area contributed by atoms with E-state index in [1.807, 2.05) is 100 Å². The van der Waals surface area contributed by atoms with Crippen LogP contribution in [0, 0.1) is 0 Å². The summed E-state index contributed by atoms with van der Waals surface area (Å²) in [7, 11) is 10.2. The summed E-state index contributed by atoms with van der Waals surface area (Å²) in [6.07, 6.45) is 25.7. The van der Waals surface area contributed by atoms with Crippen LogP contribution in [0.2, 0.25) is 0 Å². The predicted molar refractivity (Wildman–Crippen MR) is 336 cm³/mol. The summed E-state index contributed by atoms with van der Waals surface area (Å²) in [4.78, 5) is 63.3. The Morgan fingerprint density at radius 3 is 0.552 bits per heavy atom. The number of pyridine rings is 5. The van der Waals surface area contributed by atoms with E-state index < -0.39 is 23.7 Å². The second-order valence-corrected chi connectivity index (χ2v) is 23.7. The number of aldehydes is 5. The minimum Gasteiger partial charge on any atom is -0.298 e. The standard InChI is InChI=1S/C77H76N5O5/c1-53(60-18-8-55(48-83)9-19-60)71(66-30-40-79(4)41-31-66)73(67-32-42-80(5)43-33-67)74(64-24-14-58(51-86)15-25-64)75(65-26-16-59(52-87)17-27-65)77(69-36-46-82(7)47-37-69)76(68-34-44-81(6)45-35-68)72(63-22-12-57(50-85)13-23-63)70(62-20-10-56(49-84)11-21-62)54(2)61-28-38-78(3)39-29-61/h8-54,70-77H,1-7H3/q+5/t53-,54-,70?,71?,72?,73?,74?,75?,76?,77?/m1/s1. The van der Waals surface area contributed by atoms with Crippen molar-refractivity contribution in [1.82, 2.24) is 0 Å². The van der Waals surface area contributed by atoms with Gasteiger partial charge in [0.15, 0.2) is 62.0 Å². The Morgan fingerprint density at radius 1 is 0.207 bits per heavy atom. The van der Waals surface area contributed by atoms with Crippen LogP contribution in [0.1, 0.15) is 180 Å². The molecule has 0 aliphatic heterocycles. The Balaban J connectivity index is 1.40. The quantitative estimate of drug-likeness (QED) is 0.0443. The first-order valence-electron chi connectivity index (χ1n) is 29.8. The summed E-state index contributed by atoms with van der Waals surface area (Å²) >= 11 is 0. The second-order valence-electron chi connectivity index (χ2n) is 23.7. The van der Waals surface area contributed by atoms with Gasteiger partial charge in [0.2, 0.25) is 0 Å². The molecule has 10 nitrogen and oxygen atoms in total. The molecule has 0 N–H and O–H groups in total. The highest BCUT2D eigenvalue weighted by Crippen LogP contribution is 2.63. The third-order valence-corrected chi connectivity index (χ3v) is 18.3. The van der Waals surface area contributed by atoms with E-state index in [0.29, 0.717) is 27.8 Å². The van der Waals surface area contributed by atoms with E-state index in [0.717, 1.165) is 87.1 Å². The lowest BCUT2D eigenvalue weighted by Crippen LogP contribution is -2.37. The van der Waals surface area contributed by atoms with Crippen LogP contribution >= 0.6 is 0 Å². The summed E-state index contributed by atoms with van der Waals surface area (Å²) < 4.78 is 10.3. The Morgan fingerprint density at radius 2 is 0.345 bits per heavy atom. The van der Waals surface area contributed by atoms with Gasteiger partial charge in [-0.05, 0) is 115 Å². The van der Waals surface area contributed by atoms with Crippen molar-refractivity contribution in [2.45, 2.75) is 73.0 Å². The SMILES string of the molecule is C[C@H](c1ccc(C=O)cc1)C(c1cc[n+](C)cc1)C(c1cc[n+](C)cc1)C(c1ccc(C=O)cc1)C(c1ccc(C=O)cc1)C(c1cc[n+](C)cc1)C(c1cc[n+](C)cc1)C(c1ccc(C=O)cc1)C(c1ccc(C=O)cc1)[C@H](C)c1cc[n+](C)cc1. The molecule has 0 amide bonds. The fourth-order valence-electron chi connectivity index (χ4n) is 13.7. The summed E-state index contributed by atoms with van der Waals surface area (Å²) in [5.41, 5.74) is 13.5. The molecule has 10 atom stereocenters. The third-order valence-electron chi connectivity index (χ3n) is 18.3. The molecule has 10 heteroatoms. The van der Waals surface area contributed by atoms with Crippen molar-refractivity contribution in [1.29, 1.82) is 0 Å². The number of benzene rings is 5. The van der Waals surface area contributed by atoms with Gasteiger partial charge in [-0.15, -0.1) is 0 Å². The first kappa shape index (κ1) is 60.3. The van der Waals surface area contributed by atoms with E-state index in [1.165, 1.54) is 0 Å². The zero-order valence-electron chi connectivity index (χ0n) is 50.5. The maximum atomic E-state index is 12.9. The van der Waals surface area contributed by atoms with Gasteiger partial charge in [-0.25, -0.2) is 22.8 Å². The van der Waals surface area contributed by atoms with Crippen molar-refractivity contribution in [3.05, 3.63) is 327 Å². The molecule has 5 heterocycles. The number of aromatic nitrogens is 5. The molecule has 10 aromatic rings. The Bertz CT molecular complexity index is 3930. The van der Waals surface area contributed by atoms with E-state index >= 15 is 0 Å². The Labute approximate surface area is 511 Å². The first-order chi connectivity index (χ1) is 42.3. The van der Waals surface area contributed by atoms with Gasteiger partial charge in [0.05, 0.1) is 0 Å². The van der Waals surface area contributed by atoms with E-state index in [1.54, 1.807) is 0 Å². The minimum absolute atomic E-state index is 0.134. The van der Waals surface area contributed by atoms with Crippen molar-refractivity contribution in [3.8, 4) is 0 Å². The summed E-state index contributed by atoms with van der Waals surface area (Å²) in [6, 6.07) is 63.0. The smallest absolute Gasteiger partial charge is 0.168 e. The van der Waals surface area contributed by atoms with Crippen LogP contribution in [-0.4, -0.2) is 31.4 Å². The van der Waals surface area contributed by atoms with Gasteiger partial charge in [-0.2, -0.15) is 0 Å². The van der Waals surface area contributed by atoms with Crippen LogP contribution in [0.5, 0.6) is 0 Å². The maximum Gasteiger partial charge on any atom is 0.168 e. The third kappa shape index (κ3) is 13.5.